The molecule has 0 saturated heterocycles. The van der Waals surface area contributed by atoms with Crippen LogP contribution in [-0.2, 0) is 5.41 Å². The highest BCUT2D eigenvalue weighted by Crippen LogP contribution is 2.32. The number of aryl methyl sites for hydroxylation is 1. The highest BCUT2D eigenvalue weighted by molar-refractivity contribution is 5.80. The summed E-state index contributed by atoms with van der Waals surface area (Å²) in [6, 6.07) is 25.7. The molecule has 0 atom stereocenters. The number of nitrogens with zero attached hydrogens (tertiary/aromatic N) is 3. The Morgan fingerprint density at radius 3 is 2.28 bits per heavy atom. The standard InChI is InChI=1S/C29H28N3/c1-19-14-15-21-10-7-9-13-26(21)32(19)27-17-23(29(3,4)5)16-24(20(27)2)28-30-18-22-11-6-8-12-25(22)31-28/h6-18H,1-5H3/q+1. The Morgan fingerprint density at radius 1 is 0.781 bits per heavy atom. The third-order valence-electron chi connectivity index (χ3n) is 6.25. The Labute approximate surface area is 189 Å². The van der Waals surface area contributed by atoms with Crippen molar-refractivity contribution in [3.8, 4) is 17.1 Å². The Hall–Kier alpha value is -3.59. The zero-order valence-electron chi connectivity index (χ0n) is 19.3. The summed E-state index contributed by atoms with van der Waals surface area (Å²) < 4.78 is 2.37. The fourth-order valence-corrected chi connectivity index (χ4v) is 4.33. The first-order chi connectivity index (χ1) is 15.3. The summed E-state index contributed by atoms with van der Waals surface area (Å²) in [7, 11) is 0. The van der Waals surface area contributed by atoms with Crippen molar-refractivity contribution in [2.75, 3.05) is 0 Å². The van der Waals surface area contributed by atoms with E-state index in [1.807, 2.05) is 24.4 Å². The van der Waals surface area contributed by atoms with E-state index in [-0.39, 0.29) is 5.41 Å². The van der Waals surface area contributed by atoms with Crippen LogP contribution in [0.25, 0.3) is 38.9 Å². The van der Waals surface area contributed by atoms with Gasteiger partial charge in [-0.25, -0.2) is 9.97 Å². The van der Waals surface area contributed by atoms with E-state index in [0.29, 0.717) is 0 Å². The van der Waals surface area contributed by atoms with Crippen LogP contribution < -0.4 is 4.57 Å². The van der Waals surface area contributed by atoms with Crippen LogP contribution in [0, 0.1) is 13.8 Å². The van der Waals surface area contributed by atoms with Gasteiger partial charge in [0.15, 0.2) is 11.5 Å². The smallest absolute Gasteiger partial charge is 0.218 e. The van der Waals surface area contributed by atoms with Crippen molar-refractivity contribution in [2.45, 2.75) is 40.0 Å². The van der Waals surface area contributed by atoms with Gasteiger partial charge in [0.05, 0.1) is 5.52 Å². The number of benzene rings is 3. The van der Waals surface area contributed by atoms with Gasteiger partial charge in [0.1, 0.15) is 0 Å². The molecule has 0 radical (unpaired) electrons. The lowest BCUT2D eigenvalue weighted by Crippen LogP contribution is -2.36. The molecular formula is C29H28N3+. The minimum atomic E-state index is -0.00685. The SMILES string of the molecule is Cc1c(-c2ncc3ccccc3n2)cc(C(C)(C)C)cc1-[n+]1c(C)ccc2ccccc21. The van der Waals surface area contributed by atoms with Crippen molar-refractivity contribution in [1.29, 1.82) is 0 Å². The second kappa shape index (κ2) is 7.52. The van der Waals surface area contributed by atoms with Crippen molar-refractivity contribution in [3.63, 3.8) is 0 Å². The second-order valence-electron chi connectivity index (χ2n) is 9.54. The molecule has 0 amide bonds. The van der Waals surface area contributed by atoms with E-state index in [4.69, 9.17) is 9.97 Å². The van der Waals surface area contributed by atoms with E-state index in [1.54, 1.807) is 0 Å². The lowest BCUT2D eigenvalue weighted by molar-refractivity contribution is -0.574. The molecule has 2 aromatic heterocycles. The van der Waals surface area contributed by atoms with Gasteiger partial charge in [0.25, 0.3) is 0 Å². The molecule has 5 aromatic rings. The molecule has 2 heterocycles. The molecule has 158 valence electrons. The third-order valence-corrected chi connectivity index (χ3v) is 6.25. The van der Waals surface area contributed by atoms with Gasteiger partial charge in [0.2, 0.25) is 11.2 Å². The number of rotatable bonds is 2. The monoisotopic (exact) mass is 418 g/mol. The normalized spacial score (nSPS) is 11.9. The number of pyridine rings is 1. The fourth-order valence-electron chi connectivity index (χ4n) is 4.33. The summed E-state index contributed by atoms with van der Waals surface area (Å²) in [6.45, 7) is 11.1. The minimum absolute atomic E-state index is 0.00685. The van der Waals surface area contributed by atoms with Gasteiger partial charge >= 0.3 is 0 Å². The molecule has 0 N–H and O–H groups in total. The number of para-hydroxylation sites is 2. The number of hydrogen-bond donors (Lipinski definition) is 0. The van der Waals surface area contributed by atoms with E-state index in [0.717, 1.165) is 22.3 Å². The average molecular weight is 419 g/mol. The fraction of sp³-hybridized carbons (Fsp3) is 0.207. The van der Waals surface area contributed by atoms with E-state index >= 15 is 0 Å². The Morgan fingerprint density at radius 2 is 1.50 bits per heavy atom. The van der Waals surface area contributed by atoms with Crippen LogP contribution in [0.15, 0.2) is 79.0 Å². The molecule has 0 unspecified atom stereocenters. The Balaban J connectivity index is 1.84. The van der Waals surface area contributed by atoms with Crippen LogP contribution in [0.2, 0.25) is 0 Å². The van der Waals surface area contributed by atoms with Gasteiger partial charge in [-0.05, 0) is 42.2 Å². The molecule has 0 aliphatic carbocycles. The van der Waals surface area contributed by atoms with Crippen LogP contribution >= 0.6 is 0 Å². The predicted molar refractivity (Wildman–Crippen MR) is 132 cm³/mol. The van der Waals surface area contributed by atoms with E-state index < -0.39 is 0 Å². The molecule has 3 aromatic carbocycles. The summed E-state index contributed by atoms with van der Waals surface area (Å²) in [6.07, 6.45) is 1.93. The average Bonchev–Trinajstić information content (AvgIpc) is 2.78. The molecule has 3 nitrogen and oxygen atoms in total. The first-order valence-electron chi connectivity index (χ1n) is 11.1. The summed E-state index contributed by atoms with van der Waals surface area (Å²) >= 11 is 0. The van der Waals surface area contributed by atoms with Crippen LogP contribution in [-0.4, -0.2) is 9.97 Å². The first-order valence-corrected chi connectivity index (χ1v) is 11.1. The highest BCUT2D eigenvalue weighted by Gasteiger charge is 2.26. The molecule has 0 fully saturated rings. The predicted octanol–water partition coefficient (Wildman–Crippen LogP) is 6.64. The number of fused-ring (bicyclic) bond motifs is 2. The summed E-state index contributed by atoms with van der Waals surface area (Å²) in [5.41, 5.74) is 8.07. The van der Waals surface area contributed by atoms with Crippen LogP contribution in [0.5, 0.6) is 0 Å². The third kappa shape index (κ3) is 3.44. The van der Waals surface area contributed by atoms with Gasteiger partial charge in [-0.3, -0.25) is 0 Å². The maximum absolute atomic E-state index is 4.93. The van der Waals surface area contributed by atoms with Crippen LogP contribution in [0.3, 0.4) is 0 Å². The van der Waals surface area contributed by atoms with Crippen molar-refractivity contribution in [2.24, 2.45) is 0 Å². The molecule has 0 aliphatic rings. The zero-order chi connectivity index (χ0) is 22.5. The maximum Gasteiger partial charge on any atom is 0.218 e. The maximum atomic E-state index is 4.93. The van der Waals surface area contributed by atoms with E-state index in [2.05, 4.69) is 93.8 Å². The molecule has 0 saturated carbocycles. The van der Waals surface area contributed by atoms with Gasteiger partial charge in [-0.1, -0.05) is 51.1 Å². The lowest BCUT2D eigenvalue weighted by atomic mass is 9.84. The second-order valence-corrected chi connectivity index (χ2v) is 9.54. The summed E-state index contributed by atoms with van der Waals surface area (Å²) in [5.74, 6) is 0.770. The number of aromatic nitrogens is 3. The molecule has 0 spiro atoms. The zero-order valence-corrected chi connectivity index (χ0v) is 19.3. The number of hydrogen-bond acceptors (Lipinski definition) is 2. The molecule has 3 heteroatoms. The molecule has 0 bridgehead atoms. The molecule has 0 aliphatic heterocycles. The van der Waals surface area contributed by atoms with Gasteiger partial charge in [-0.2, -0.15) is 4.57 Å². The molecule has 5 rings (SSSR count). The highest BCUT2D eigenvalue weighted by atomic mass is 15.0. The van der Waals surface area contributed by atoms with Crippen LogP contribution in [0.1, 0.15) is 37.6 Å². The van der Waals surface area contributed by atoms with Crippen molar-refractivity contribution >= 4 is 21.8 Å². The van der Waals surface area contributed by atoms with Crippen molar-refractivity contribution in [1.82, 2.24) is 9.97 Å². The lowest BCUT2D eigenvalue weighted by Gasteiger charge is -2.21. The van der Waals surface area contributed by atoms with Crippen molar-refractivity contribution in [3.05, 3.63) is 95.8 Å². The minimum Gasteiger partial charge on any atom is -0.236 e. The topological polar surface area (TPSA) is 29.7 Å². The molecular weight excluding hydrogens is 390 g/mol. The van der Waals surface area contributed by atoms with Gasteiger partial charge in [-0.15, -0.1) is 0 Å². The van der Waals surface area contributed by atoms with Gasteiger partial charge < -0.3 is 0 Å². The Bertz CT molecular complexity index is 1480. The Kier molecular flexibility index (Phi) is 4.78. The van der Waals surface area contributed by atoms with Crippen LogP contribution in [0.4, 0.5) is 0 Å². The summed E-state index contributed by atoms with van der Waals surface area (Å²) in [4.78, 5) is 9.69. The summed E-state index contributed by atoms with van der Waals surface area (Å²) in [5, 5.41) is 2.28. The largest absolute Gasteiger partial charge is 0.236 e. The molecule has 32 heavy (non-hydrogen) atoms. The van der Waals surface area contributed by atoms with Gasteiger partial charge in [0, 0.05) is 53.2 Å². The van der Waals surface area contributed by atoms with Crippen molar-refractivity contribution < 1.29 is 4.57 Å². The van der Waals surface area contributed by atoms with E-state index in [1.165, 1.54) is 33.4 Å². The quantitative estimate of drug-likeness (QED) is 0.301. The van der Waals surface area contributed by atoms with E-state index in [9.17, 15) is 0 Å². The first kappa shape index (κ1) is 20.3.